The Labute approximate surface area is 124 Å². The van der Waals surface area contributed by atoms with Crippen LogP contribution in [-0.2, 0) is 0 Å². The molecule has 1 unspecified atom stereocenters. The second-order valence-electron chi connectivity index (χ2n) is 5.11. The zero-order valence-electron chi connectivity index (χ0n) is 12.3. The van der Waals surface area contributed by atoms with Crippen molar-refractivity contribution in [3.05, 3.63) is 40.7 Å². The summed E-state index contributed by atoms with van der Waals surface area (Å²) in [7, 11) is 0. The van der Waals surface area contributed by atoms with Crippen molar-refractivity contribution in [1.29, 1.82) is 0 Å². The normalized spacial score (nSPS) is 12.5. The van der Waals surface area contributed by atoms with Crippen molar-refractivity contribution in [1.82, 2.24) is 10.3 Å². The van der Waals surface area contributed by atoms with Gasteiger partial charge in [0.2, 0.25) is 5.56 Å². The van der Waals surface area contributed by atoms with Crippen LogP contribution in [-0.4, -0.2) is 35.9 Å². The first-order chi connectivity index (χ1) is 10.2. The minimum Gasteiger partial charge on any atom is -0.491 e. The predicted octanol–water partition coefficient (Wildman–Crippen LogP) is 1.66. The molecule has 0 aliphatic carbocycles. The van der Waals surface area contributed by atoms with E-state index >= 15 is 0 Å². The van der Waals surface area contributed by atoms with Crippen LogP contribution >= 0.6 is 0 Å². The first kappa shape index (κ1) is 15.5. The molecule has 0 radical (unpaired) electrons. The minimum absolute atomic E-state index is 0.127. The van der Waals surface area contributed by atoms with Gasteiger partial charge >= 0.3 is 0 Å². The molecule has 5 nitrogen and oxygen atoms in total. The van der Waals surface area contributed by atoms with Crippen molar-refractivity contribution in [2.24, 2.45) is 0 Å². The summed E-state index contributed by atoms with van der Waals surface area (Å²) in [6.07, 6.45) is 1.62. The molecule has 0 fully saturated rings. The molecular weight excluding hydrogens is 268 g/mol. The van der Waals surface area contributed by atoms with Crippen molar-refractivity contribution >= 4 is 10.9 Å². The lowest BCUT2D eigenvalue weighted by molar-refractivity contribution is 0.265. The van der Waals surface area contributed by atoms with Gasteiger partial charge in [0.25, 0.3) is 0 Å². The number of pyridine rings is 1. The SMILES string of the molecule is CC(CCO)NCCCOc1cccc2ccc(=O)[nH]c12. The van der Waals surface area contributed by atoms with Gasteiger partial charge in [-0.15, -0.1) is 0 Å². The zero-order valence-corrected chi connectivity index (χ0v) is 12.3. The van der Waals surface area contributed by atoms with Gasteiger partial charge in [-0.1, -0.05) is 12.1 Å². The molecule has 2 rings (SSSR count). The van der Waals surface area contributed by atoms with Gasteiger partial charge in [0, 0.05) is 24.1 Å². The summed E-state index contributed by atoms with van der Waals surface area (Å²) in [5, 5.41) is 13.1. The Morgan fingerprint density at radius 3 is 3.00 bits per heavy atom. The van der Waals surface area contributed by atoms with Gasteiger partial charge in [0.05, 0.1) is 12.1 Å². The number of rotatable bonds is 8. The molecule has 1 aromatic carbocycles. The Hall–Kier alpha value is -1.85. The fraction of sp³-hybridized carbons (Fsp3) is 0.438. The molecule has 5 heteroatoms. The Morgan fingerprint density at radius 1 is 1.33 bits per heavy atom. The van der Waals surface area contributed by atoms with Crippen molar-refractivity contribution in [2.45, 2.75) is 25.8 Å². The first-order valence-corrected chi connectivity index (χ1v) is 7.30. The smallest absolute Gasteiger partial charge is 0.248 e. The molecule has 0 amide bonds. The third kappa shape index (κ3) is 4.58. The topological polar surface area (TPSA) is 74.3 Å². The summed E-state index contributed by atoms with van der Waals surface area (Å²) in [6, 6.07) is 9.33. The average Bonchev–Trinajstić information content (AvgIpc) is 2.47. The van der Waals surface area contributed by atoms with Crippen LogP contribution in [0.25, 0.3) is 10.9 Å². The van der Waals surface area contributed by atoms with E-state index in [1.165, 1.54) is 6.07 Å². The van der Waals surface area contributed by atoms with Crippen molar-refractivity contribution < 1.29 is 9.84 Å². The van der Waals surface area contributed by atoms with Gasteiger partial charge in [-0.05, 0) is 38.4 Å². The molecule has 114 valence electrons. The van der Waals surface area contributed by atoms with E-state index in [0.717, 1.165) is 30.3 Å². The largest absolute Gasteiger partial charge is 0.491 e. The number of aliphatic hydroxyl groups excluding tert-OH is 1. The standard InChI is InChI=1S/C16H22N2O3/c1-12(8-10-19)17-9-3-11-21-14-5-2-4-13-6-7-15(20)18-16(13)14/h2,4-7,12,17,19H,3,8-11H2,1H3,(H,18,20). The van der Waals surface area contributed by atoms with E-state index in [4.69, 9.17) is 9.84 Å². The summed E-state index contributed by atoms with van der Waals surface area (Å²) in [4.78, 5) is 14.2. The number of benzene rings is 1. The van der Waals surface area contributed by atoms with Crippen molar-refractivity contribution in [3.8, 4) is 5.75 Å². The van der Waals surface area contributed by atoms with Gasteiger partial charge in [-0.25, -0.2) is 0 Å². The second kappa shape index (κ2) is 7.81. The quantitative estimate of drug-likeness (QED) is 0.646. The Bertz CT molecular complexity index is 624. The molecular formula is C16H22N2O3. The summed E-state index contributed by atoms with van der Waals surface area (Å²) in [5.41, 5.74) is 0.615. The number of para-hydroxylation sites is 1. The molecule has 0 saturated carbocycles. The first-order valence-electron chi connectivity index (χ1n) is 7.30. The molecule has 21 heavy (non-hydrogen) atoms. The van der Waals surface area contributed by atoms with Gasteiger partial charge in [-0.2, -0.15) is 0 Å². The number of H-pyrrole nitrogens is 1. The lowest BCUT2D eigenvalue weighted by atomic mass is 10.2. The molecule has 1 heterocycles. The fourth-order valence-electron chi connectivity index (χ4n) is 2.17. The molecule has 0 saturated heterocycles. The van der Waals surface area contributed by atoms with E-state index in [0.29, 0.717) is 18.4 Å². The lowest BCUT2D eigenvalue weighted by Crippen LogP contribution is -2.28. The Balaban J connectivity index is 1.86. The molecule has 2 aromatic rings. The van der Waals surface area contributed by atoms with Crippen LogP contribution in [0, 0.1) is 0 Å². The van der Waals surface area contributed by atoms with Gasteiger partial charge in [0.15, 0.2) is 0 Å². The molecule has 0 bridgehead atoms. The van der Waals surface area contributed by atoms with Crippen molar-refractivity contribution in [2.75, 3.05) is 19.8 Å². The third-order valence-corrected chi connectivity index (χ3v) is 3.35. The van der Waals surface area contributed by atoms with Crippen LogP contribution in [0.4, 0.5) is 0 Å². The number of fused-ring (bicyclic) bond motifs is 1. The highest BCUT2D eigenvalue weighted by atomic mass is 16.5. The fourth-order valence-corrected chi connectivity index (χ4v) is 2.17. The van der Waals surface area contributed by atoms with Gasteiger partial charge in [-0.3, -0.25) is 4.79 Å². The summed E-state index contributed by atoms with van der Waals surface area (Å²) in [5.74, 6) is 0.702. The average molecular weight is 290 g/mol. The zero-order chi connectivity index (χ0) is 15.1. The van der Waals surface area contributed by atoms with E-state index in [1.54, 1.807) is 6.07 Å². The number of hydrogen-bond acceptors (Lipinski definition) is 4. The highest BCUT2D eigenvalue weighted by Gasteiger charge is 2.03. The maximum Gasteiger partial charge on any atom is 0.248 e. The summed E-state index contributed by atoms with van der Waals surface area (Å²) < 4.78 is 5.76. The number of hydrogen-bond donors (Lipinski definition) is 3. The molecule has 0 aliphatic rings. The third-order valence-electron chi connectivity index (χ3n) is 3.35. The molecule has 1 atom stereocenters. The van der Waals surface area contributed by atoms with E-state index < -0.39 is 0 Å². The number of nitrogens with one attached hydrogen (secondary N) is 2. The van der Waals surface area contributed by atoms with Crippen LogP contribution in [0.15, 0.2) is 35.1 Å². The molecule has 3 N–H and O–H groups in total. The van der Waals surface area contributed by atoms with Crippen LogP contribution in [0.1, 0.15) is 19.8 Å². The number of aromatic nitrogens is 1. The number of aliphatic hydroxyl groups is 1. The molecule has 0 spiro atoms. The number of aromatic amines is 1. The van der Waals surface area contributed by atoms with E-state index in [2.05, 4.69) is 10.3 Å². The Morgan fingerprint density at radius 2 is 2.19 bits per heavy atom. The lowest BCUT2D eigenvalue weighted by Gasteiger charge is -2.13. The maximum absolute atomic E-state index is 11.4. The van der Waals surface area contributed by atoms with E-state index in [-0.39, 0.29) is 12.2 Å². The van der Waals surface area contributed by atoms with E-state index in [1.807, 2.05) is 25.1 Å². The van der Waals surface area contributed by atoms with Crippen LogP contribution in [0.5, 0.6) is 5.75 Å². The van der Waals surface area contributed by atoms with Crippen molar-refractivity contribution in [3.63, 3.8) is 0 Å². The maximum atomic E-state index is 11.4. The highest BCUT2D eigenvalue weighted by Crippen LogP contribution is 2.21. The van der Waals surface area contributed by atoms with Gasteiger partial charge < -0.3 is 20.1 Å². The molecule has 1 aromatic heterocycles. The predicted molar refractivity (Wildman–Crippen MR) is 83.8 cm³/mol. The summed E-state index contributed by atoms with van der Waals surface area (Å²) >= 11 is 0. The second-order valence-corrected chi connectivity index (χ2v) is 5.11. The minimum atomic E-state index is -0.127. The van der Waals surface area contributed by atoms with Crippen LogP contribution < -0.4 is 15.6 Å². The number of ether oxygens (including phenoxy) is 1. The van der Waals surface area contributed by atoms with Gasteiger partial charge in [0.1, 0.15) is 5.75 Å². The van der Waals surface area contributed by atoms with E-state index in [9.17, 15) is 4.79 Å². The highest BCUT2D eigenvalue weighted by molar-refractivity contribution is 5.84. The van der Waals surface area contributed by atoms with Crippen LogP contribution in [0.3, 0.4) is 0 Å². The monoisotopic (exact) mass is 290 g/mol. The summed E-state index contributed by atoms with van der Waals surface area (Å²) in [6.45, 7) is 3.66. The molecule has 0 aliphatic heterocycles. The Kier molecular flexibility index (Phi) is 5.78. The van der Waals surface area contributed by atoms with Crippen LogP contribution in [0.2, 0.25) is 0 Å².